The van der Waals surface area contributed by atoms with Crippen molar-refractivity contribution < 1.29 is 45.3 Å². The molecule has 27 heavy (non-hydrogen) atoms. The van der Waals surface area contributed by atoms with Crippen molar-refractivity contribution in [1.29, 1.82) is 0 Å². The van der Waals surface area contributed by atoms with Crippen LogP contribution in [0.25, 0.3) is 0 Å². The lowest BCUT2D eigenvalue weighted by atomic mass is 9.83. The number of halogens is 6. The molecule has 0 aromatic heterocycles. The largest absolute Gasteiger partial charge is 0.425 e. The van der Waals surface area contributed by atoms with Crippen molar-refractivity contribution in [3.8, 4) is 5.75 Å². The fraction of sp³-hybridized carbons (Fsp3) is 0.529. The van der Waals surface area contributed by atoms with E-state index >= 15 is 0 Å². The highest BCUT2D eigenvalue weighted by Gasteiger charge is 2.53. The van der Waals surface area contributed by atoms with Crippen molar-refractivity contribution >= 4 is 0 Å². The van der Waals surface area contributed by atoms with Gasteiger partial charge in [-0.25, -0.2) is 8.78 Å². The molecule has 3 heterocycles. The van der Waals surface area contributed by atoms with Gasteiger partial charge in [-0.1, -0.05) is 13.3 Å². The molecular formula is C17H16F6O4. The van der Waals surface area contributed by atoms with Gasteiger partial charge in [-0.3, -0.25) is 0 Å². The Morgan fingerprint density at radius 1 is 1.11 bits per heavy atom. The summed E-state index contributed by atoms with van der Waals surface area (Å²) in [5.74, 6) is -6.45. The summed E-state index contributed by atoms with van der Waals surface area (Å²) in [6.45, 7) is 2.69. The van der Waals surface area contributed by atoms with Gasteiger partial charge in [0.15, 0.2) is 17.4 Å². The maximum absolute atomic E-state index is 14.2. The minimum atomic E-state index is -4.60. The quantitative estimate of drug-likeness (QED) is 0.652. The van der Waals surface area contributed by atoms with Crippen molar-refractivity contribution in [3.63, 3.8) is 0 Å². The molecule has 0 spiro atoms. The van der Waals surface area contributed by atoms with Crippen LogP contribution in [-0.2, 0) is 20.2 Å². The molecule has 0 N–H and O–H groups in total. The Morgan fingerprint density at radius 2 is 1.63 bits per heavy atom. The van der Waals surface area contributed by atoms with Crippen molar-refractivity contribution in [3.05, 3.63) is 41.5 Å². The van der Waals surface area contributed by atoms with E-state index < -0.39 is 41.6 Å². The lowest BCUT2D eigenvalue weighted by molar-refractivity contribution is -0.480. The second kappa shape index (κ2) is 6.99. The van der Waals surface area contributed by atoms with Gasteiger partial charge in [0.2, 0.25) is 0 Å². The average molecular weight is 398 g/mol. The average Bonchev–Trinajstić information content (AvgIpc) is 2.58. The van der Waals surface area contributed by atoms with Crippen molar-refractivity contribution in [2.45, 2.75) is 31.8 Å². The zero-order chi connectivity index (χ0) is 19.9. The van der Waals surface area contributed by atoms with Gasteiger partial charge in [0, 0.05) is 11.0 Å². The molecule has 3 aliphatic rings. The zero-order valence-electron chi connectivity index (χ0n) is 14.2. The van der Waals surface area contributed by atoms with E-state index in [2.05, 4.69) is 4.74 Å². The van der Waals surface area contributed by atoms with Crippen LogP contribution in [0.1, 0.15) is 25.3 Å². The number of rotatable bonds is 6. The summed E-state index contributed by atoms with van der Waals surface area (Å²) in [4.78, 5) is 0. The molecule has 2 bridgehead atoms. The summed E-state index contributed by atoms with van der Waals surface area (Å²) in [6.07, 6.45) is -6.58. The van der Waals surface area contributed by atoms with Crippen LogP contribution in [0.15, 0.2) is 24.3 Å². The Hall–Kier alpha value is -1.78. The maximum atomic E-state index is 14.2. The summed E-state index contributed by atoms with van der Waals surface area (Å²) in [7, 11) is 0. The van der Waals surface area contributed by atoms with E-state index in [1.807, 2.05) is 6.92 Å². The maximum Gasteiger partial charge on any atom is 0.425 e. The first-order valence-electron chi connectivity index (χ1n) is 8.12. The second-order valence-electron chi connectivity index (χ2n) is 6.54. The molecular weight excluding hydrogens is 382 g/mol. The molecule has 0 atom stereocenters. The predicted molar refractivity (Wildman–Crippen MR) is 79.1 cm³/mol. The van der Waals surface area contributed by atoms with E-state index in [4.69, 9.17) is 14.2 Å². The van der Waals surface area contributed by atoms with Crippen LogP contribution in [0, 0.1) is 17.0 Å². The van der Waals surface area contributed by atoms with Crippen LogP contribution in [-0.4, -0.2) is 25.9 Å². The molecule has 0 aliphatic carbocycles. The van der Waals surface area contributed by atoms with Gasteiger partial charge in [-0.2, -0.15) is 17.6 Å². The van der Waals surface area contributed by atoms with Gasteiger partial charge < -0.3 is 18.9 Å². The summed E-state index contributed by atoms with van der Waals surface area (Å²) in [5.41, 5.74) is -0.577. The van der Waals surface area contributed by atoms with E-state index in [0.29, 0.717) is 12.1 Å². The monoisotopic (exact) mass is 398 g/mol. The lowest BCUT2D eigenvalue weighted by Crippen LogP contribution is -2.58. The van der Waals surface area contributed by atoms with E-state index in [9.17, 15) is 26.3 Å². The molecule has 0 unspecified atom stereocenters. The minimum Gasteiger partial charge on any atom is -0.423 e. The SMILES string of the molecule is CCCC12COC(c3cc(F)c(OC(F)(F)C=C(F)F)c(F)c3)(OC1)OC2. The molecule has 1 aromatic rings. The van der Waals surface area contributed by atoms with Gasteiger partial charge in [0.25, 0.3) is 6.08 Å². The van der Waals surface area contributed by atoms with E-state index in [1.54, 1.807) is 0 Å². The molecule has 10 heteroatoms. The highest BCUT2D eigenvalue weighted by molar-refractivity contribution is 5.34. The minimum absolute atomic E-state index is 0.231. The van der Waals surface area contributed by atoms with Crippen LogP contribution < -0.4 is 4.74 Å². The van der Waals surface area contributed by atoms with Crippen molar-refractivity contribution in [1.82, 2.24) is 0 Å². The van der Waals surface area contributed by atoms with E-state index in [-0.39, 0.29) is 30.8 Å². The fourth-order valence-electron chi connectivity index (χ4n) is 3.12. The highest BCUT2D eigenvalue weighted by atomic mass is 19.3. The molecule has 3 aliphatic heterocycles. The molecule has 1 aromatic carbocycles. The summed E-state index contributed by atoms with van der Waals surface area (Å²) in [5, 5.41) is 0. The highest BCUT2D eigenvalue weighted by Crippen LogP contribution is 2.47. The van der Waals surface area contributed by atoms with E-state index in [0.717, 1.165) is 12.8 Å². The Labute approximate surface area is 150 Å². The Bertz CT molecular complexity index is 699. The first kappa shape index (κ1) is 20.0. The van der Waals surface area contributed by atoms with Gasteiger partial charge in [0.1, 0.15) is 0 Å². The number of hydrogen-bond acceptors (Lipinski definition) is 4. The van der Waals surface area contributed by atoms with Crippen LogP contribution in [0.4, 0.5) is 26.3 Å². The van der Waals surface area contributed by atoms with Crippen LogP contribution in [0.5, 0.6) is 5.75 Å². The van der Waals surface area contributed by atoms with E-state index in [1.165, 1.54) is 0 Å². The third kappa shape index (κ3) is 3.92. The molecule has 150 valence electrons. The van der Waals surface area contributed by atoms with Gasteiger partial charge >= 0.3 is 12.1 Å². The van der Waals surface area contributed by atoms with Crippen molar-refractivity contribution in [2.75, 3.05) is 19.8 Å². The van der Waals surface area contributed by atoms with Crippen molar-refractivity contribution in [2.24, 2.45) is 5.41 Å². The Balaban J connectivity index is 1.85. The first-order valence-corrected chi connectivity index (χ1v) is 8.12. The zero-order valence-corrected chi connectivity index (χ0v) is 14.2. The second-order valence-corrected chi connectivity index (χ2v) is 6.54. The standard InChI is InChI=1S/C17H16F6O4/c1-2-3-15-7-24-17(25-8-15,26-9-15)10-4-11(18)14(12(19)5-10)27-16(22,23)6-13(20)21/h4-6H,2-3,7-9H2,1H3. The number of benzene rings is 1. The summed E-state index contributed by atoms with van der Waals surface area (Å²) >= 11 is 0. The number of fused-ring (bicyclic) bond motifs is 3. The van der Waals surface area contributed by atoms with Crippen LogP contribution in [0.3, 0.4) is 0 Å². The molecule has 0 radical (unpaired) electrons. The van der Waals surface area contributed by atoms with Gasteiger partial charge in [0.05, 0.1) is 25.9 Å². The van der Waals surface area contributed by atoms with Crippen LogP contribution in [0.2, 0.25) is 0 Å². The number of ether oxygens (including phenoxy) is 4. The first-order chi connectivity index (χ1) is 12.6. The molecule has 4 rings (SSSR count). The molecule has 4 nitrogen and oxygen atoms in total. The lowest BCUT2D eigenvalue weighted by Gasteiger charge is -2.51. The Kier molecular flexibility index (Phi) is 5.17. The van der Waals surface area contributed by atoms with Gasteiger partial charge in [-0.15, -0.1) is 0 Å². The third-order valence-electron chi connectivity index (χ3n) is 4.35. The molecule has 0 saturated carbocycles. The number of hydrogen-bond donors (Lipinski definition) is 0. The predicted octanol–water partition coefficient (Wildman–Crippen LogP) is 4.69. The summed E-state index contributed by atoms with van der Waals surface area (Å²) in [6, 6.07) is 1.28. The summed E-state index contributed by atoms with van der Waals surface area (Å²) < 4.78 is 99.2. The topological polar surface area (TPSA) is 36.9 Å². The fourth-order valence-corrected chi connectivity index (χ4v) is 3.12. The molecule has 3 fully saturated rings. The normalized spacial score (nSPS) is 27.5. The third-order valence-corrected chi connectivity index (χ3v) is 4.35. The smallest absolute Gasteiger partial charge is 0.423 e. The number of alkyl halides is 2. The molecule has 0 amide bonds. The molecule has 3 saturated heterocycles. The van der Waals surface area contributed by atoms with Gasteiger partial charge in [-0.05, 0) is 18.6 Å². The van der Waals surface area contributed by atoms with Crippen LogP contribution >= 0.6 is 0 Å². The Morgan fingerprint density at radius 3 is 2.07 bits per heavy atom.